The van der Waals surface area contributed by atoms with E-state index in [1.54, 1.807) is 7.05 Å². The molecule has 0 heterocycles. The Morgan fingerprint density at radius 1 is 1.11 bits per heavy atom. The molecule has 1 amide bonds. The first-order valence-corrected chi connectivity index (χ1v) is 9.67. The Morgan fingerprint density at radius 2 is 1.89 bits per heavy atom. The fraction of sp³-hybridized carbons (Fsp3) is 0.364. The second-order valence-electron chi connectivity index (χ2n) is 6.42. The Labute approximate surface area is 167 Å². The first-order chi connectivity index (χ1) is 13.6. The van der Waals surface area contributed by atoms with Crippen molar-refractivity contribution in [3.63, 3.8) is 0 Å². The van der Waals surface area contributed by atoms with Crippen molar-refractivity contribution in [3.05, 3.63) is 65.7 Å². The number of aliphatic imine (C=N–C) groups is 1. The van der Waals surface area contributed by atoms with E-state index in [9.17, 15) is 4.79 Å². The van der Waals surface area contributed by atoms with Gasteiger partial charge in [0.25, 0.3) is 5.91 Å². The molecule has 3 N–H and O–H groups in total. The number of guanidine groups is 1. The molecule has 0 fully saturated rings. The van der Waals surface area contributed by atoms with Crippen LogP contribution < -0.4 is 20.7 Å². The van der Waals surface area contributed by atoms with Crippen LogP contribution in [0.3, 0.4) is 0 Å². The number of amides is 1. The minimum Gasteiger partial charge on any atom is -0.489 e. The molecule has 2 aromatic rings. The van der Waals surface area contributed by atoms with E-state index < -0.39 is 0 Å². The number of carbonyl (C=O) groups excluding carboxylic acids is 1. The van der Waals surface area contributed by atoms with Gasteiger partial charge in [-0.15, -0.1) is 0 Å². The van der Waals surface area contributed by atoms with Gasteiger partial charge in [0.15, 0.2) is 5.96 Å². The van der Waals surface area contributed by atoms with E-state index in [1.165, 1.54) is 0 Å². The van der Waals surface area contributed by atoms with Crippen molar-refractivity contribution in [1.82, 2.24) is 16.0 Å². The number of rotatable bonds is 9. The summed E-state index contributed by atoms with van der Waals surface area (Å²) in [5.74, 6) is 1.53. The Kier molecular flexibility index (Phi) is 8.85. The topological polar surface area (TPSA) is 74.8 Å². The van der Waals surface area contributed by atoms with Crippen molar-refractivity contribution < 1.29 is 9.53 Å². The number of carbonyl (C=O) groups is 1. The summed E-state index contributed by atoms with van der Waals surface area (Å²) in [7, 11) is 1.64. The molecule has 0 aliphatic heterocycles. The highest BCUT2D eigenvalue weighted by Crippen LogP contribution is 2.10. The smallest absolute Gasteiger partial charge is 0.251 e. The van der Waals surface area contributed by atoms with Gasteiger partial charge in [0.2, 0.25) is 0 Å². The van der Waals surface area contributed by atoms with Crippen molar-refractivity contribution in [2.75, 3.05) is 26.7 Å². The minimum absolute atomic E-state index is 0.0258. The highest BCUT2D eigenvalue weighted by molar-refractivity contribution is 5.94. The number of para-hydroxylation sites is 1. The van der Waals surface area contributed by atoms with Gasteiger partial charge in [0.05, 0.1) is 6.54 Å². The average molecular weight is 383 g/mol. The lowest BCUT2D eigenvalue weighted by atomic mass is 10.1. The normalized spacial score (nSPS) is 12.2. The molecule has 6 nitrogen and oxygen atoms in total. The predicted molar refractivity (Wildman–Crippen MR) is 114 cm³/mol. The summed E-state index contributed by atoms with van der Waals surface area (Å²) in [6.07, 6.45) is 0.771. The molecular formula is C22H30N4O2. The summed E-state index contributed by atoms with van der Waals surface area (Å²) >= 11 is 0. The van der Waals surface area contributed by atoms with Gasteiger partial charge in [-0.25, -0.2) is 4.99 Å². The lowest BCUT2D eigenvalue weighted by molar-refractivity contribution is 0.0963. The Balaban J connectivity index is 1.85. The molecule has 0 aliphatic rings. The van der Waals surface area contributed by atoms with Crippen LogP contribution >= 0.6 is 0 Å². The third-order valence-electron chi connectivity index (χ3n) is 4.05. The van der Waals surface area contributed by atoms with E-state index >= 15 is 0 Å². The molecule has 2 rings (SSSR count). The second kappa shape index (κ2) is 11.6. The van der Waals surface area contributed by atoms with Crippen LogP contribution in [0.5, 0.6) is 5.75 Å². The molecule has 0 saturated carbocycles. The monoisotopic (exact) mass is 382 g/mol. The van der Waals surface area contributed by atoms with Crippen molar-refractivity contribution >= 4 is 11.9 Å². The molecular weight excluding hydrogens is 352 g/mol. The largest absolute Gasteiger partial charge is 0.489 e. The zero-order chi connectivity index (χ0) is 20.2. The first-order valence-electron chi connectivity index (χ1n) is 9.67. The summed E-state index contributed by atoms with van der Waals surface area (Å²) in [5.41, 5.74) is 1.78. The molecule has 28 heavy (non-hydrogen) atoms. The first kappa shape index (κ1) is 21.3. The van der Waals surface area contributed by atoms with Gasteiger partial charge in [-0.2, -0.15) is 0 Å². The molecule has 2 aromatic carbocycles. The van der Waals surface area contributed by atoms with Crippen LogP contribution in [0.1, 0.15) is 29.8 Å². The van der Waals surface area contributed by atoms with Crippen LogP contribution in [-0.2, 0) is 6.42 Å². The number of nitrogens with one attached hydrogen (secondary N) is 3. The zero-order valence-corrected chi connectivity index (χ0v) is 16.9. The van der Waals surface area contributed by atoms with Gasteiger partial charge in [-0.05, 0) is 50.1 Å². The van der Waals surface area contributed by atoms with Gasteiger partial charge in [-0.3, -0.25) is 4.79 Å². The molecule has 1 unspecified atom stereocenters. The number of hydrogen-bond donors (Lipinski definition) is 3. The number of hydrogen-bond acceptors (Lipinski definition) is 3. The van der Waals surface area contributed by atoms with E-state index in [1.807, 2.05) is 68.4 Å². The summed E-state index contributed by atoms with van der Waals surface area (Å²) in [6.45, 7) is 6.09. The number of ether oxygens (including phenoxy) is 1. The summed E-state index contributed by atoms with van der Waals surface area (Å²) in [4.78, 5) is 16.4. The highest BCUT2D eigenvalue weighted by Gasteiger charge is 2.06. The minimum atomic E-state index is -0.0721. The van der Waals surface area contributed by atoms with E-state index in [0.717, 1.165) is 36.8 Å². The Morgan fingerprint density at radius 3 is 2.61 bits per heavy atom. The molecule has 0 spiro atoms. The molecule has 0 saturated heterocycles. The average Bonchev–Trinajstić information content (AvgIpc) is 2.72. The van der Waals surface area contributed by atoms with Gasteiger partial charge in [0.1, 0.15) is 11.9 Å². The van der Waals surface area contributed by atoms with Crippen molar-refractivity contribution in [2.45, 2.75) is 26.4 Å². The maximum atomic E-state index is 11.7. The molecule has 0 radical (unpaired) electrons. The number of benzene rings is 2. The standard InChI is InChI=1S/C22H30N4O2/c1-4-24-22(26-16-17(2)28-20-11-6-5-7-12-20)25-14-13-18-9-8-10-19(15-18)21(27)23-3/h5-12,15,17H,4,13-14,16H2,1-3H3,(H,23,27)(H2,24,25,26). The Bertz CT molecular complexity index is 762. The quantitative estimate of drug-likeness (QED) is 0.460. The van der Waals surface area contributed by atoms with Crippen LogP contribution in [0.25, 0.3) is 0 Å². The second-order valence-corrected chi connectivity index (χ2v) is 6.42. The summed E-state index contributed by atoms with van der Waals surface area (Å²) < 4.78 is 5.86. The molecule has 0 aromatic heterocycles. The maximum absolute atomic E-state index is 11.7. The molecule has 150 valence electrons. The van der Waals surface area contributed by atoms with Crippen LogP contribution in [0.15, 0.2) is 59.6 Å². The zero-order valence-electron chi connectivity index (χ0n) is 16.9. The highest BCUT2D eigenvalue weighted by atomic mass is 16.5. The van der Waals surface area contributed by atoms with Crippen molar-refractivity contribution in [3.8, 4) is 5.75 Å². The predicted octanol–water partition coefficient (Wildman–Crippen LogP) is 2.61. The lowest BCUT2D eigenvalue weighted by Gasteiger charge is -2.15. The summed E-state index contributed by atoms with van der Waals surface area (Å²) in [5, 5.41) is 9.23. The third kappa shape index (κ3) is 7.31. The molecule has 0 aliphatic carbocycles. The molecule has 0 bridgehead atoms. The van der Waals surface area contributed by atoms with Crippen LogP contribution in [0.4, 0.5) is 0 Å². The maximum Gasteiger partial charge on any atom is 0.251 e. The van der Waals surface area contributed by atoms with E-state index in [-0.39, 0.29) is 12.0 Å². The third-order valence-corrected chi connectivity index (χ3v) is 4.05. The van der Waals surface area contributed by atoms with Gasteiger partial charge in [0, 0.05) is 25.7 Å². The van der Waals surface area contributed by atoms with Crippen LogP contribution in [0.2, 0.25) is 0 Å². The van der Waals surface area contributed by atoms with E-state index in [4.69, 9.17) is 4.74 Å². The van der Waals surface area contributed by atoms with Gasteiger partial charge in [-0.1, -0.05) is 30.3 Å². The van der Waals surface area contributed by atoms with Crippen molar-refractivity contribution in [2.24, 2.45) is 4.99 Å². The van der Waals surface area contributed by atoms with Crippen LogP contribution in [-0.4, -0.2) is 44.7 Å². The molecule has 6 heteroatoms. The fourth-order valence-electron chi connectivity index (χ4n) is 2.67. The lowest BCUT2D eigenvalue weighted by Crippen LogP contribution is -2.39. The van der Waals surface area contributed by atoms with Crippen molar-refractivity contribution in [1.29, 1.82) is 0 Å². The summed E-state index contributed by atoms with van der Waals surface area (Å²) in [6, 6.07) is 17.4. The number of nitrogens with zero attached hydrogens (tertiary/aromatic N) is 1. The van der Waals surface area contributed by atoms with E-state index in [0.29, 0.717) is 12.1 Å². The SMILES string of the molecule is CCNC(=NCC(C)Oc1ccccc1)NCCc1cccc(C(=O)NC)c1. The van der Waals surface area contributed by atoms with E-state index in [2.05, 4.69) is 20.9 Å². The van der Waals surface area contributed by atoms with Crippen LogP contribution in [0, 0.1) is 0 Å². The van der Waals surface area contributed by atoms with Gasteiger partial charge < -0.3 is 20.7 Å². The fourth-order valence-corrected chi connectivity index (χ4v) is 2.67. The van der Waals surface area contributed by atoms with Gasteiger partial charge >= 0.3 is 0 Å². The Hall–Kier alpha value is -3.02. The molecule has 1 atom stereocenters.